The normalized spacial score (nSPS) is 16.2. The molecule has 0 bridgehead atoms. The molecule has 1 aromatic carbocycles. The van der Waals surface area contributed by atoms with Crippen molar-refractivity contribution < 1.29 is 9.59 Å². The Balaban J connectivity index is 1.43. The number of hydrogen-bond donors (Lipinski definition) is 1. The number of thiophene rings is 1. The predicted octanol–water partition coefficient (Wildman–Crippen LogP) is 5.39. The van der Waals surface area contributed by atoms with Gasteiger partial charge in [0.05, 0.1) is 11.1 Å². The number of rotatable bonds is 6. The number of ketones is 1. The van der Waals surface area contributed by atoms with E-state index in [2.05, 4.69) is 5.32 Å². The van der Waals surface area contributed by atoms with E-state index in [1.807, 2.05) is 4.57 Å². The molecule has 2 aliphatic carbocycles. The smallest absolute Gasteiger partial charge is 0.263 e. The Labute approximate surface area is 200 Å². The quantitative estimate of drug-likeness (QED) is 0.290. The Morgan fingerprint density at radius 2 is 1.97 bits per heavy atom. The van der Waals surface area contributed by atoms with Gasteiger partial charge in [0.25, 0.3) is 5.56 Å². The van der Waals surface area contributed by atoms with Gasteiger partial charge in [0.15, 0.2) is 10.9 Å². The van der Waals surface area contributed by atoms with Gasteiger partial charge >= 0.3 is 0 Å². The van der Waals surface area contributed by atoms with E-state index in [0.29, 0.717) is 16.4 Å². The van der Waals surface area contributed by atoms with Crippen molar-refractivity contribution in [3.8, 4) is 0 Å². The molecule has 1 amide bonds. The van der Waals surface area contributed by atoms with Gasteiger partial charge in [0, 0.05) is 22.2 Å². The molecular weight excluding hydrogens is 454 g/mol. The molecule has 2 aromatic heterocycles. The van der Waals surface area contributed by atoms with Crippen molar-refractivity contribution >= 4 is 50.7 Å². The average molecular weight is 482 g/mol. The summed E-state index contributed by atoms with van der Waals surface area (Å²) in [7, 11) is 0. The fraction of sp³-hybridized carbons (Fsp3) is 0.440. The standard InChI is InChI=1S/C25H27N3O3S2/c1-15(29)16-7-6-8-17(13-16)26-21(30)14-32-25-27-23-22(19-11-4-5-12-20(19)33-23)24(31)28(25)18-9-2-3-10-18/h6-8,13,18H,2-5,9-12,14H2,1H3,(H,26,30). The SMILES string of the molecule is CC(=O)c1cccc(NC(=O)CSc2nc3sc4c(c3c(=O)n2C2CCCC2)CCCC4)c1. The third-order valence-corrected chi connectivity index (χ3v) is 8.70. The van der Waals surface area contributed by atoms with Crippen LogP contribution in [-0.2, 0) is 17.6 Å². The number of aromatic nitrogens is 2. The van der Waals surface area contributed by atoms with Crippen LogP contribution in [0.4, 0.5) is 5.69 Å². The van der Waals surface area contributed by atoms with Gasteiger partial charge in [-0.3, -0.25) is 19.0 Å². The number of carbonyl (C=O) groups excluding carboxylic acids is 2. The van der Waals surface area contributed by atoms with Crippen molar-refractivity contribution in [3.63, 3.8) is 0 Å². The first kappa shape index (κ1) is 22.3. The molecule has 6 nitrogen and oxygen atoms in total. The van der Waals surface area contributed by atoms with Crippen LogP contribution in [0.3, 0.4) is 0 Å². The zero-order chi connectivity index (χ0) is 22.9. The van der Waals surface area contributed by atoms with Gasteiger partial charge in [0.1, 0.15) is 4.83 Å². The van der Waals surface area contributed by atoms with Crippen molar-refractivity contribution in [2.24, 2.45) is 0 Å². The first-order valence-electron chi connectivity index (χ1n) is 11.6. The van der Waals surface area contributed by atoms with Gasteiger partial charge in [-0.25, -0.2) is 4.98 Å². The van der Waals surface area contributed by atoms with Gasteiger partial charge in [-0.2, -0.15) is 0 Å². The van der Waals surface area contributed by atoms with Gasteiger partial charge in [-0.15, -0.1) is 11.3 Å². The van der Waals surface area contributed by atoms with Crippen molar-refractivity contribution in [3.05, 3.63) is 50.6 Å². The lowest BCUT2D eigenvalue weighted by atomic mass is 9.97. The molecule has 1 N–H and O–H groups in total. The van der Waals surface area contributed by atoms with E-state index in [9.17, 15) is 14.4 Å². The minimum absolute atomic E-state index is 0.0443. The summed E-state index contributed by atoms with van der Waals surface area (Å²) in [5.74, 6) is -0.0734. The average Bonchev–Trinajstić information content (AvgIpc) is 3.45. The Morgan fingerprint density at radius 1 is 1.18 bits per heavy atom. The lowest BCUT2D eigenvalue weighted by Gasteiger charge is -2.18. The second-order valence-corrected chi connectivity index (χ2v) is 10.9. The highest BCUT2D eigenvalue weighted by atomic mass is 32.2. The minimum Gasteiger partial charge on any atom is -0.325 e. The van der Waals surface area contributed by atoms with E-state index in [-0.39, 0.29) is 29.0 Å². The van der Waals surface area contributed by atoms with Crippen LogP contribution in [0, 0.1) is 0 Å². The number of thioether (sulfide) groups is 1. The van der Waals surface area contributed by atoms with Crippen LogP contribution >= 0.6 is 23.1 Å². The van der Waals surface area contributed by atoms with Gasteiger partial charge in [-0.05, 0) is 63.1 Å². The Bertz CT molecular complexity index is 1290. The zero-order valence-corrected chi connectivity index (χ0v) is 20.3. The molecule has 0 aliphatic heterocycles. The third-order valence-electron chi connectivity index (χ3n) is 6.56. The van der Waals surface area contributed by atoms with Crippen molar-refractivity contribution in [1.29, 1.82) is 0 Å². The summed E-state index contributed by atoms with van der Waals surface area (Å²) in [5.41, 5.74) is 2.44. The molecule has 2 heterocycles. The molecule has 0 spiro atoms. The summed E-state index contributed by atoms with van der Waals surface area (Å²) < 4.78 is 1.88. The van der Waals surface area contributed by atoms with Crippen LogP contribution in [0.2, 0.25) is 0 Å². The van der Waals surface area contributed by atoms with Crippen LogP contribution in [0.1, 0.15) is 72.3 Å². The maximum absolute atomic E-state index is 13.7. The van der Waals surface area contributed by atoms with Crippen LogP contribution in [-0.4, -0.2) is 27.0 Å². The van der Waals surface area contributed by atoms with Crippen molar-refractivity contribution in [2.45, 2.75) is 69.5 Å². The summed E-state index contributed by atoms with van der Waals surface area (Å²) in [6.07, 6.45) is 8.50. The molecule has 33 heavy (non-hydrogen) atoms. The Hall–Kier alpha value is -2.45. The van der Waals surface area contributed by atoms with E-state index >= 15 is 0 Å². The highest BCUT2D eigenvalue weighted by molar-refractivity contribution is 7.99. The molecule has 5 rings (SSSR count). The molecule has 0 radical (unpaired) electrons. The number of nitrogens with one attached hydrogen (secondary N) is 1. The molecule has 0 atom stereocenters. The number of nitrogens with zero attached hydrogens (tertiary/aromatic N) is 2. The van der Waals surface area contributed by atoms with E-state index in [0.717, 1.165) is 55.2 Å². The lowest BCUT2D eigenvalue weighted by Crippen LogP contribution is -2.27. The number of carbonyl (C=O) groups is 2. The molecule has 3 aromatic rings. The summed E-state index contributed by atoms with van der Waals surface area (Å²) in [6, 6.07) is 7.09. The van der Waals surface area contributed by atoms with E-state index < -0.39 is 0 Å². The fourth-order valence-corrected chi connectivity index (χ4v) is 7.10. The fourth-order valence-electron chi connectivity index (χ4n) is 4.93. The second-order valence-electron chi connectivity index (χ2n) is 8.87. The topological polar surface area (TPSA) is 81.1 Å². The molecule has 8 heteroatoms. The zero-order valence-electron chi connectivity index (χ0n) is 18.7. The molecule has 172 valence electrons. The summed E-state index contributed by atoms with van der Waals surface area (Å²) >= 11 is 2.98. The van der Waals surface area contributed by atoms with Gasteiger partial charge in [-0.1, -0.05) is 36.7 Å². The van der Waals surface area contributed by atoms with Crippen molar-refractivity contribution in [1.82, 2.24) is 9.55 Å². The van der Waals surface area contributed by atoms with E-state index in [1.165, 1.54) is 35.5 Å². The molecule has 2 aliphatic rings. The number of hydrogen-bond acceptors (Lipinski definition) is 6. The monoisotopic (exact) mass is 481 g/mol. The summed E-state index contributed by atoms with van der Waals surface area (Å²) in [5, 5.41) is 4.32. The highest BCUT2D eigenvalue weighted by Crippen LogP contribution is 2.37. The number of aryl methyl sites for hydroxylation is 2. The number of Topliss-reactive ketones (excluding diaryl/α,β-unsaturated/α-hetero) is 1. The maximum Gasteiger partial charge on any atom is 0.263 e. The van der Waals surface area contributed by atoms with E-state index in [1.54, 1.807) is 35.6 Å². The number of anilines is 1. The van der Waals surface area contributed by atoms with Gasteiger partial charge < -0.3 is 5.32 Å². The van der Waals surface area contributed by atoms with Gasteiger partial charge in [0.2, 0.25) is 5.91 Å². The maximum atomic E-state index is 13.7. The second kappa shape index (κ2) is 9.43. The first-order chi connectivity index (χ1) is 16.0. The largest absolute Gasteiger partial charge is 0.325 e. The molecule has 1 saturated carbocycles. The Kier molecular flexibility index (Phi) is 6.38. The first-order valence-corrected chi connectivity index (χ1v) is 13.4. The van der Waals surface area contributed by atoms with Crippen LogP contribution in [0.5, 0.6) is 0 Å². The van der Waals surface area contributed by atoms with Crippen LogP contribution in [0.25, 0.3) is 10.2 Å². The van der Waals surface area contributed by atoms with Crippen LogP contribution in [0.15, 0.2) is 34.2 Å². The Morgan fingerprint density at radius 3 is 2.76 bits per heavy atom. The van der Waals surface area contributed by atoms with Crippen LogP contribution < -0.4 is 10.9 Å². The number of fused-ring (bicyclic) bond motifs is 3. The van der Waals surface area contributed by atoms with Crippen molar-refractivity contribution in [2.75, 3.05) is 11.1 Å². The summed E-state index contributed by atoms with van der Waals surface area (Å²) in [6.45, 7) is 1.50. The minimum atomic E-state index is -0.182. The number of benzene rings is 1. The third kappa shape index (κ3) is 4.51. The summed E-state index contributed by atoms with van der Waals surface area (Å²) in [4.78, 5) is 45.0. The lowest BCUT2D eigenvalue weighted by molar-refractivity contribution is -0.113. The highest BCUT2D eigenvalue weighted by Gasteiger charge is 2.27. The van der Waals surface area contributed by atoms with E-state index in [4.69, 9.17) is 4.98 Å². The number of amides is 1. The molecular formula is C25H27N3O3S2. The molecule has 0 unspecified atom stereocenters. The predicted molar refractivity (Wildman–Crippen MR) is 134 cm³/mol. The molecule has 1 fully saturated rings. The molecule has 0 saturated heterocycles.